The maximum absolute atomic E-state index is 13.5. The molecular formula is C23H24F3N3O2S. The Morgan fingerprint density at radius 3 is 2.12 bits per heavy atom. The molecule has 0 N–H and O–H groups in total. The van der Waals surface area contributed by atoms with Crippen molar-refractivity contribution in [2.24, 2.45) is 0 Å². The first-order chi connectivity index (χ1) is 15.1. The second-order valence-corrected chi connectivity index (χ2v) is 9.87. The highest BCUT2D eigenvalue weighted by Gasteiger charge is 2.33. The van der Waals surface area contributed by atoms with E-state index in [4.69, 9.17) is 0 Å². The minimum Gasteiger partial charge on any atom is -0.377 e. The molecule has 5 nitrogen and oxygen atoms in total. The van der Waals surface area contributed by atoms with Crippen LogP contribution >= 0.6 is 0 Å². The fraction of sp³-hybridized carbons (Fsp3) is 0.304. The van der Waals surface area contributed by atoms with Crippen molar-refractivity contribution in [2.75, 3.05) is 50.1 Å². The van der Waals surface area contributed by atoms with Gasteiger partial charge in [0, 0.05) is 62.4 Å². The average molecular weight is 464 g/mol. The molecule has 170 valence electrons. The van der Waals surface area contributed by atoms with E-state index >= 15 is 0 Å². The van der Waals surface area contributed by atoms with E-state index in [0.29, 0.717) is 24.2 Å². The van der Waals surface area contributed by atoms with Crippen LogP contribution in [0.1, 0.15) is 5.56 Å². The van der Waals surface area contributed by atoms with Crippen molar-refractivity contribution < 1.29 is 21.6 Å². The number of piperazine rings is 1. The van der Waals surface area contributed by atoms with E-state index in [0.717, 1.165) is 23.2 Å². The lowest BCUT2D eigenvalue weighted by Crippen LogP contribution is -2.48. The third-order valence-corrected chi connectivity index (χ3v) is 7.69. The summed E-state index contributed by atoms with van der Waals surface area (Å²) < 4.78 is 67.4. The number of alkyl halides is 3. The Hall–Kier alpha value is -2.78. The van der Waals surface area contributed by atoms with Gasteiger partial charge in [-0.1, -0.05) is 30.3 Å². The molecule has 1 aliphatic heterocycles. The van der Waals surface area contributed by atoms with Gasteiger partial charge in [-0.05, 0) is 30.3 Å². The van der Waals surface area contributed by atoms with Gasteiger partial charge in [-0.2, -0.15) is 17.5 Å². The van der Waals surface area contributed by atoms with E-state index in [1.54, 1.807) is 29.2 Å². The van der Waals surface area contributed by atoms with Gasteiger partial charge in [0.15, 0.2) is 0 Å². The summed E-state index contributed by atoms with van der Waals surface area (Å²) in [7, 11) is 0.0514. The number of hydrogen-bond acceptors (Lipinski definition) is 4. The summed E-state index contributed by atoms with van der Waals surface area (Å²) >= 11 is 0. The SMILES string of the molecule is CN(C)c1cccc2c(S(=O)(=O)N3CCN(c4cccc(C(F)(F)F)c4)CC3)cccc12. The highest BCUT2D eigenvalue weighted by atomic mass is 32.2. The smallest absolute Gasteiger partial charge is 0.377 e. The van der Waals surface area contributed by atoms with Crippen molar-refractivity contribution >= 4 is 32.2 Å². The van der Waals surface area contributed by atoms with Crippen LogP contribution < -0.4 is 9.80 Å². The van der Waals surface area contributed by atoms with E-state index in [-0.39, 0.29) is 18.0 Å². The van der Waals surface area contributed by atoms with Crippen LogP contribution in [0.25, 0.3) is 10.8 Å². The van der Waals surface area contributed by atoms with Crippen LogP contribution in [0.5, 0.6) is 0 Å². The van der Waals surface area contributed by atoms with Gasteiger partial charge in [0.05, 0.1) is 10.5 Å². The molecule has 1 saturated heterocycles. The molecule has 4 rings (SSSR count). The summed E-state index contributed by atoms with van der Waals surface area (Å²) in [6.07, 6.45) is -4.42. The minimum absolute atomic E-state index is 0.197. The van der Waals surface area contributed by atoms with Crippen molar-refractivity contribution in [3.8, 4) is 0 Å². The Bertz CT molecular complexity index is 1230. The number of fused-ring (bicyclic) bond motifs is 1. The molecule has 1 aliphatic rings. The van der Waals surface area contributed by atoms with Crippen LogP contribution in [0.4, 0.5) is 24.5 Å². The van der Waals surface area contributed by atoms with Gasteiger partial charge >= 0.3 is 6.18 Å². The molecule has 0 radical (unpaired) electrons. The van der Waals surface area contributed by atoms with E-state index in [1.807, 2.05) is 37.2 Å². The van der Waals surface area contributed by atoms with Crippen LogP contribution in [0.15, 0.2) is 65.6 Å². The second-order valence-electron chi connectivity index (χ2n) is 7.96. The predicted octanol–water partition coefficient (Wildman–Crippen LogP) is 4.44. The molecule has 3 aromatic rings. The third kappa shape index (κ3) is 4.14. The number of sulfonamides is 1. The highest BCUT2D eigenvalue weighted by molar-refractivity contribution is 7.89. The number of nitrogens with zero attached hydrogens (tertiary/aromatic N) is 3. The van der Waals surface area contributed by atoms with Gasteiger partial charge in [-0.25, -0.2) is 8.42 Å². The summed E-state index contributed by atoms with van der Waals surface area (Å²) in [5, 5.41) is 1.50. The summed E-state index contributed by atoms with van der Waals surface area (Å²) in [6.45, 7) is 1.02. The maximum Gasteiger partial charge on any atom is 0.416 e. The van der Waals surface area contributed by atoms with Gasteiger partial charge < -0.3 is 9.80 Å². The van der Waals surface area contributed by atoms with Crippen molar-refractivity contribution in [3.05, 3.63) is 66.2 Å². The molecule has 0 saturated carbocycles. The average Bonchev–Trinajstić information content (AvgIpc) is 2.77. The van der Waals surface area contributed by atoms with Gasteiger partial charge in [0.25, 0.3) is 0 Å². The summed E-state index contributed by atoms with van der Waals surface area (Å²) in [5.41, 5.74) is 0.657. The van der Waals surface area contributed by atoms with Crippen molar-refractivity contribution in [1.82, 2.24) is 4.31 Å². The minimum atomic E-state index is -4.42. The summed E-state index contributed by atoms with van der Waals surface area (Å²) in [6, 6.07) is 16.0. The fourth-order valence-electron chi connectivity index (χ4n) is 4.08. The van der Waals surface area contributed by atoms with E-state index in [1.165, 1.54) is 10.4 Å². The molecule has 0 aliphatic carbocycles. The highest BCUT2D eigenvalue weighted by Crippen LogP contribution is 2.34. The predicted molar refractivity (Wildman–Crippen MR) is 121 cm³/mol. The summed E-state index contributed by atoms with van der Waals surface area (Å²) in [5.74, 6) is 0. The number of benzene rings is 3. The Morgan fingerprint density at radius 1 is 0.844 bits per heavy atom. The first-order valence-corrected chi connectivity index (χ1v) is 11.6. The Balaban J connectivity index is 1.59. The molecule has 0 bridgehead atoms. The number of rotatable bonds is 4. The zero-order chi connectivity index (χ0) is 23.1. The lowest BCUT2D eigenvalue weighted by Gasteiger charge is -2.35. The Labute approximate surface area is 185 Å². The molecule has 0 atom stereocenters. The van der Waals surface area contributed by atoms with Crippen LogP contribution in [0.2, 0.25) is 0 Å². The Kier molecular flexibility index (Phi) is 5.81. The van der Waals surface area contributed by atoms with Crippen molar-refractivity contribution in [1.29, 1.82) is 0 Å². The van der Waals surface area contributed by atoms with Crippen LogP contribution in [-0.4, -0.2) is 53.0 Å². The van der Waals surface area contributed by atoms with E-state index in [2.05, 4.69) is 0 Å². The molecule has 9 heteroatoms. The van der Waals surface area contributed by atoms with Crippen molar-refractivity contribution in [2.45, 2.75) is 11.1 Å². The quantitative estimate of drug-likeness (QED) is 0.574. The molecular weight excluding hydrogens is 439 g/mol. The number of halogens is 3. The fourth-order valence-corrected chi connectivity index (χ4v) is 5.71. The normalized spacial score (nSPS) is 15.8. The molecule has 0 spiro atoms. The summed E-state index contributed by atoms with van der Waals surface area (Å²) in [4.78, 5) is 3.97. The first-order valence-electron chi connectivity index (χ1n) is 10.2. The second kappa shape index (κ2) is 8.29. The molecule has 32 heavy (non-hydrogen) atoms. The zero-order valence-electron chi connectivity index (χ0n) is 17.8. The van der Waals surface area contributed by atoms with Crippen LogP contribution in [-0.2, 0) is 16.2 Å². The first kappa shape index (κ1) is 22.4. The number of hydrogen-bond donors (Lipinski definition) is 0. The largest absolute Gasteiger partial charge is 0.416 e. The zero-order valence-corrected chi connectivity index (χ0v) is 18.6. The van der Waals surface area contributed by atoms with Gasteiger partial charge in [-0.15, -0.1) is 0 Å². The van der Waals surface area contributed by atoms with Crippen LogP contribution in [0.3, 0.4) is 0 Å². The molecule has 0 unspecified atom stereocenters. The molecule has 3 aromatic carbocycles. The molecule has 1 fully saturated rings. The van der Waals surface area contributed by atoms with Gasteiger partial charge in [-0.3, -0.25) is 0 Å². The lowest BCUT2D eigenvalue weighted by molar-refractivity contribution is -0.137. The van der Waals surface area contributed by atoms with Gasteiger partial charge in [0.2, 0.25) is 10.0 Å². The number of anilines is 2. The van der Waals surface area contributed by atoms with Crippen molar-refractivity contribution in [3.63, 3.8) is 0 Å². The monoisotopic (exact) mass is 463 g/mol. The van der Waals surface area contributed by atoms with E-state index < -0.39 is 21.8 Å². The topological polar surface area (TPSA) is 43.9 Å². The molecule has 0 aromatic heterocycles. The lowest BCUT2D eigenvalue weighted by atomic mass is 10.1. The van der Waals surface area contributed by atoms with Gasteiger partial charge in [0.1, 0.15) is 0 Å². The van der Waals surface area contributed by atoms with E-state index in [9.17, 15) is 21.6 Å². The molecule has 0 amide bonds. The standard InChI is InChI=1S/C23H24F3N3O2S/c1-27(2)21-10-4-9-20-19(21)8-5-11-22(20)32(30,31)29-14-12-28(13-15-29)18-7-3-6-17(16-18)23(24,25)26/h3-11,16H,12-15H2,1-2H3. The Morgan fingerprint density at radius 2 is 1.47 bits per heavy atom. The maximum atomic E-state index is 13.5. The third-order valence-electron chi connectivity index (χ3n) is 5.74. The van der Waals surface area contributed by atoms with Crippen LogP contribution in [0, 0.1) is 0 Å². The molecule has 1 heterocycles.